The molecule has 1 aliphatic rings. The maximum Gasteiger partial charge on any atom is 0.272 e. The molecule has 112 valence electrons. The number of aliphatic hydroxyl groups excluding tert-OH is 1. The quantitative estimate of drug-likeness (QED) is 0.855. The van der Waals surface area contributed by atoms with Crippen LogP contribution in [0.1, 0.15) is 54.8 Å². The van der Waals surface area contributed by atoms with Gasteiger partial charge in [-0.15, -0.1) is 0 Å². The third-order valence-corrected chi connectivity index (χ3v) is 3.97. The Morgan fingerprint density at radius 3 is 3.05 bits per heavy atom. The lowest BCUT2D eigenvalue weighted by Gasteiger charge is -2.07. The van der Waals surface area contributed by atoms with Crippen LogP contribution in [-0.4, -0.2) is 33.0 Å². The Hall–Kier alpha value is -1.88. The first kappa shape index (κ1) is 14.1. The van der Waals surface area contributed by atoms with E-state index in [4.69, 9.17) is 0 Å². The number of aliphatic hydroxyl groups is 1. The van der Waals surface area contributed by atoms with Gasteiger partial charge in [0.2, 0.25) is 0 Å². The number of hydrogen-bond acceptors (Lipinski definition) is 3. The minimum atomic E-state index is -0.355. The zero-order chi connectivity index (χ0) is 14.8. The van der Waals surface area contributed by atoms with Crippen molar-refractivity contribution in [1.29, 1.82) is 0 Å². The second-order valence-electron chi connectivity index (χ2n) is 5.66. The predicted octanol–water partition coefficient (Wildman–Crippen LogP) is 2.10. The summed E-state index contributed by atoms with van der Waals surface area (Å²) in [6.07, 6.45) is 5.19. The summed E-state index contributed by atoms with van der Waals surface area (Å²) < 4.78 is 2.02. The molecule has 0 bridgehead atoms. The average Bonchev–Trinajstić information content (AvgIpc) is 3.27. The molecule has 5 nitrogen and oxygen atoms in total. The molecule has 1 amide bonds. The second kappa shape index (κ2) is 5.85. The van der Waals surface area contributed by atoms with E-state index < -0.39 is 0 Å². The van der Waals surface area contributed by atoms with Crippen molar-refractivity contribution in [3.8, 4) is 0 Å². The molecule has 21 heavy (non-hydrogen) atoms. The lowest BCUT2D eigenvalue weighted by atomic mass is 10.2. The van der Waals surface area contributed by atoms with Crippen molar-refractivity contribution >= 4 is 11.4 Å². The maximum absolute atomic E-state index is 12.3. The summed E-state index contributed by atoms with van der Waals surface area (Å²) in [5, 5.41) is 12.4. The highest BCUT2D eigenvalue weighted by atomic mass is 16.3. The number of imidazole rings is 1. The van der Waals surface area contributed by atoms with Crippen LogP contribution in [0.4, 0.5) is 0 Å². The molecule has 3 rings (SSSR count). The average molecular weight is 287 g/mol. The van der Waals surface area contributed by atoms with Gasteiger partial charge in [-0.2, -0.15) is 0 Å². The van der Waals surface area contributed by atoms with Gasteiger partial charge in [-0.1, -0.05) is 13.0 Å². The summed E-state index contributed by atoms with van der Waals surface area (Å²) in [6.45, 7) is 2.40. The van der Waals surface area contributed by atoms with Gasteiger partial charge < -0.3 is 14.8 Å². The molecule has 2 heterocycles. The van der Waals surface area contributed by atoms with Crippen LogP contribution < -0.4 is 5.32 Å². The minimum Gasteiger partial charge on any atom is -0.393 e. The van der Waals surface area contributed by atoms with Crippen LogP contribution in [0.15, 0.2) is 24.4 Å². The standard InChI is InChI=1S/C16H21N3O2/c1-2-12(20)8-9-17-16(21)14-13-5-3-4-10-19(13)15(18-14)11-6-7-11/h3-5,10-12,20H,2,6-9H2,1H3,(H,17,21). The van der Waals surface area contributed by atoms with E-state index in [0.717, 1.165) is 24.2 Å². The van der Waals surface area contributed by atoms with Gasteiger partial charge in [0.1, 0.15) is 5.82 Å². The molecule has 1 saturated carbocycles. The van der Waals surface area contributed by atoms with Crippen molar-refractivity contribution in [1.82, 2.24) is 14.7 Å². The molecule has 5 heteroatoms. The number of nitrogens with zero attached hydrogens (tertiary/aromatic N) is 2. The van der Waals surface area contributed by atoms with E-state index in [2.05, 4.69) is 10.3 Å². The van der Waals surface area contributed by atoms with E-state index in [1.165, 1.54) is 0 Å². The molecule has 0 spiro atoms. The molecule has 2 aromatic heterocycles. The van der Waals surface area contributed by atoms with Crippen LogP contribution in [0.3, 0.4) is 0 Å². The van der Waals surface area contributed by atoms with Gasteiger partial charge >= 0.3 is 0 Å². The molecule has 0 aliphatic heterocycles. The Balaban J connectivity index is 1.78. The van der Waals surface area contributed by atoms with Gasteiger partial charge in [0, 0.05) is 18.7 Å². The van der Waals surface area contributed by atoms with Crippen molar-refractivity contribution in [2.75, 3.05) is 6.54 Å². The van der Waals surface area contributed by atoms with E-state index >= 15 is 0 Å². The van der Waals surface area contributed by atoms with Crippen LogP contribution in [0.25, 0.3) is 5.52 Å². The number of carbonyl (C=O) groups excluding carboxylic acids is 1. The van der Waals surface area contributed by atoms with Crippen LogP contribution in [0, 0.1) is 0 Å². The summed E-state index contributed by atoms with van der Waals surface area (Å²) in [7, 11) is 0. The Morgan fingerprint density at radius 2 is 2.33 bits per heavy atom. The van der Waals surface area contributed by atoms with Gasteiger partial charge in [-0.05, 0) is 37.8 Å². The first-order chi connectivity index (χ1) is 10.2. The van der Waals surface area contributed by atoms with Crippen LogP contribution >= 0.6 is 0 Å². The smallest absolute Gasteiger partial charge is 0.272 e. The van der Waals surface area contributed by atoms with E-state index in [-0.39, 0.29) is 12.0 Å². The van der Waals surface area contributed by atoms with Crippen molar-refractivity contribution in [2.45, 2.75) is 44.6 Å². The predicted molar refractivity (Wildman–Crippen MR) is 80.4 cm³/mol. The zero-order valence-electron chi connectivity index (χ0n) is 12.2. The highest BCUT2D eigenvalue weighted by Gasteiger charge is 2.30. The third-order valence-electron chi connectivity index (χ3n) is 3.97. The fraction of sp³-hybridized carbons (Fsp3) is 0.500. The number of nitrogens with one attached hydrogen (secondary N) is 1. The highest BCUT2D eigenvalue weighted by molar-refractivity contribution is 5.99. The number of amides is 1. The van der Waals surface area contributed by atoms with E-state index in [1.807, 2.05) is 35.7 Å². The Labute approximate surface area is 124 Å². The summed E-state index contributed by atoms with van der Waals surface area (Å²) >= 11 is 0. The Morgan fingerprint density at radius 1 is 1.52 bits per heavy atom. The molecule has 2 aromatic rings. The third kappa shape index (κ3) is 2.93. The Bertz CT molecular complexity index is 646. The normalized spacial score (nSPS) is 16.1. The molecule has 0 radical (unpaired) electrons. The first-order valence-corrected chi connectivity index (χ1v) is 7.64. The van der Waals surface area contributed by atoms with Crippen LogP contribution in [-0.2, 0) is 0 Å². The van der Waals surface area contributed by atoms with E-state index in [1.54, 1.807) is 0 Å². The first-order valence-electron chi connectivity index (χ1n) is 7.64. The topological polar surface area (TPSA) is 66.6 Å². The lowest BCUT2D eigenvalue weighted by molar-refractivity contribution is 0.0939. The van der Waals surface area contributed by atoms with Crippen molar-refractivity contribution in [3.05, 3.63) is 35.9 Å². The summed E-state index contributed by atoms with van der Waals surface area (Å²) in [5.41, 5.74) is 1.34. The SMILES string of the molecule is CCC(O)CCNC(=O)c1nc(C2CC2)n2ccccc12. The molecule has 1 fully saturated rings. The summed E-state index contributed by atoms with van der Waals surface area (Å²) in [6, 6.07) is 5.81. The molecule has 0 aromatic carbocycles. The molecule has 1 aliphatic carbocycles. The van der Waals surface area contributed by atoms with Gasteiger partial charge in [-0.3, -0.25) is 4.79 Å². The number of fused-ring (bicyclic) bond motifs is 1. The number of pyridine rings is 1. The lowest BCUT2D eigenvalue weighted by Crippen LogP contribution is -2.27. The van der Waals surface area contributed by atoms with E-state index in [9.17, 15) is 9.90 Å². The molecular formula is C16H21N3O2. The monoisotopic (exact) mass is 287 g/mol. The largest absolute Gasteiger partial charge is 0.393 e. The molecule has 1 atom stereocenters. The van der Waals surface area contributed by atoms with Gasteiger partial charge in [-0.25, -0.2) is 4.98 Å². The Kier molecular flexibility index (Phi) is 3.92. The second-order valence-corrected chi connectivity index (χ2v) is 5.66. The fourth-order valence-electron chi connectivity index (χ4n) is 2.50. The highest BCUT2D eigenvalue weighted by Crippen LogP contribution is 2.39. The zero-order valence-corrected chi connectivity index (χ0v) is 12.2. The van der Waals surface area contributed by atoms with E-state index in [0.29, 0.717) is 31.0 Å². The summed E-state index contributed by atoms with van der Waals surface area (Å²) in [4.78, 5) is 16.9. The van der Waals surface area contributed by atoms with Gasteiger partial charge in [0.25, 0.3) is 5.91 Å². The molecule has 2 N–H and O–H groups in total. The molecule has 1 unspecified atom stereocenters. The number of carbonyl (C=O) groups is 1. The number of aromatic nitrogens is 2. The van der Waals surface area contributed by atoms with Gasteiger partial charge in [0.05, 0.1) is 11.6 Å². The van der Waals surface area contributed by atoms with Crippen LogP contribution in [0.5, 0.6) is 0 Å². The van der Waals surface area contributed by atoms with Crippen molar-refractivity contribution < 1.29 is 9.90 Å². The number of hydrogen-bond donors (Lipinski definition) is 2. The molecular weight excluding hydrogens is 266 g/mol. The summed E-state index contributed by atoms with van der Waals surface area (Å²) in [5.74, 6) is 1.32. The van der Waals surface area contributed by atoms with Crippen LogP contribution in [0.2, 0.25) is 0 Å². The molecule has 0 saturated heterocycles. The van der Waals surface area contributed by atoms with Crippen molar-refractivity contribution in [2.24, 2.45) is 0 Å². The van der Waals surface area contributed by atoms with Crippen molar-refractivity contribution in [3.63, 3.8) is 0 Å². The van der Waals surface area contributed by atoms with Gasteiger partial charge in [0.15, 0.2) is 5.69 Å². The fourth-order valence-corrected chi connectivity index (χ4v) is 2.50. The number of rotatable bonds is 6. The minimum absolute atomic E-state index is 0.158. The maximum atomic E-state index is 12.3.